The van der Waals surface area contributed by atoms with Crippen LogP contribution in [0.3, 0.4) is 0 Å². The third-order valence-electron chi connectivity index (χ3n) is 4.97. The van der Waals surface area contributed by atoms with Crippen LogP contribution in [-0.2, 0) is 4.79 Å². The first-order valence-corrected chi connectivity index (χ1v) is 10.1. The molecular weight excluding hydrogens is 366 g/mol. The highest BCUT2D eigenvalue weighted by atomic mass is 32.1. The summed E-state index contributed by atoms with van der Waals surface area (Å²) in [5, 5.41) is 15.3. The molecular formula is C18H23N5O3S. The molecule has 4 rings (SSSR count). The summed E-state index contributed by atoms with van der Waals surface area (Å²) in [6, 6.07) is 5.80. The summed E-state index contributed by atoms with van der Waals surface area (Å²) in [6.07, 6.45) is 2.03. The van der Waals surface area contributed by atoms with Gasteiger partial charge in [0.2, 0.25) is 5.91 Å². The van der Waals surface area contributed by atoms with Gasteiger partial charge >= 0.3 is 0 Å². The Labute approximate surface area is 161 Å². The molecule has 0 aliphatic carbocycles. The van der Waals surface area contributed by atoms with Crippen molar-refractivity contribution in [2.24, 2.45) is 0 Å². The molecule has 144 valence electrons. The van der Waals surface area contributed by atoms with Crippen LogP contribution >= 0.6 is 11.3 Å². The number of nitrogens with one attached hydrogen (secondary N) is 3. The molecule has 0 radical (unpaired) electrons. The highest BCUT2D eigenvalue weighted by Crippen LogP contribution is 2.25. The summed E-state index contributed by atoms with van der Waals surface area (Å²) in [5.41, 5.74) is 0.302. The molecule has 2 unspecified atom stereocenters. The monoisotopic (exact) mass is 389 g/mol. The maximum Gasteiger partial charge on any atom is 0.273 e. The van der Waals surface area contributed by atoms with Crippen molar-refractivity contribution in [1.29, 1.82) is 0 Å². The predicted octanol–water partition coefficient (Wildman–Crippen LogP) is 1.38. The highest BCUT2D eigenvalue weighted by molar-refractivity contribution is 7.13. The van der Waals surface area contributed by atoms with Gasteiger partial charge in [-0.3, -0.25) is 19.8 Å². The fourth-order valence-electron chi connectivity index (χ4n) is 3.53. The second-order valence-corrected chi connectivity index (χ2v) is 8.03. The van der Waals surface area contributed by atoms with Crippen molar-refractivity contribution >= 4 is 23.2 Å². The molecule has 3 N–H and O–H groups in total. The molecule has 2 aromatic heterocycles. The quantitative estimate of drug-likeness (QED) is 0.731. The molecule has 27 heavy (non-hydrogen) atoms. The lowest BCUT2D eigenvalue weighted by Gasteiger charge is -2.41. The molecule has 0 bridgehead atoms. The van der Waals surface area contributed by atoms with Gasteiger partial charge < -0.3 is 15.2 Å². The smallest absolute Gasteiger partial charge is 0.273 e. The maximum absolute atomic E-state index is 12.5. The predicted molar refractivity (Wildman–Crippen MR) is 101 cm³/mol. The summed E-state index contributed by atoms with van der Waals surface area (Å²) in [4.78, 5) is 27.3. The van der Waals surface area contributed by atoms with Crippen LogP contribution in [0.2, 0.25) is 0 Å². The van der Waals surface area contributed by atoms with Crippen molar-refractivity contribution in [2.75, 3.05) is 13.1 Å². The molecule has 0 saturated carbocycles. The third kappa shape index (κ3) is 4.20. The molecule has 9 heteroatoms. The molecule has 2 saturated heterocycles. The first-order valence-electron chi connectivity index (χ1n) is 9.19. The number of hydrogen-bond donors (Lipinski definition) is 3. The van der Waals surface area contributed by atoms with Crippen molar-refractivity contribution in [3.63, 3.8) is 0 Å². The van der Waals surface area contributed by atoms with Crippen molar-refractivity contribution in [3.05, 3.63) is 29.3 Å². The minimum Gasteiger partial charge on any atom is -0.355 e. The van der Waals surface area contributed by atoms with E-state index in [0.29, 0.717) is 17.9 Å². The molecule has 8 nitrogen and oxygen atoms in total. The number of nitrogens with zero attached hydrogens (tertiary/aromatic N) is 2. The lowest BCUT2D eigenvalue weighted by Crippen LogP contribution is -2.65. The Balaban J connectivity index is 1.29. The Morgan fingerprint density at radius 2 is 2.22 bits per heavy atom. The highest BCUT2D eigenvalue weighted by Gasteiger charge is 2.31. The number of aromatic nitrogens is 1. The lowest BCUT2D eigenvalue weighted by atomic mass is 10.0. The molecule has 0 aromatic carbocycles. The van der Waals surface area contributed by atoms with Gasteiger partial charge in [0.1, 0.15) is 6.29 Å². The van der Waals surface area contributed by atoms with E-state index in [9.17, 15) is 9.59 Å². The van der Waals surface area contributed by atoms with Crippen LogP contribution in [0.5, 0.6) is 0 Å². The van der Waals surface area contributed by atoms with E-state index in [1.807, 2.05) is 24.4 Å². The first kappa shape index (κ1) is 18.1. The number of carbonyl (C=O) groups is 2. The van der Waals surface area contributed by atoms with E-state index >= 15 is 0 Å². The second-order valence-electron chi connectivity index (χ2n) is 7.08. The molecule has 2 aliphatic heterocycles. The van der Waals surface area contributed by atoms with E-state index in [-0.39, 0.29) is 30.2 Å². The largest absolute Gasteiger partial charge is 0.355 e. The minimum absolute atomic E-state index is 0.0780. The molecule has 4 heterocycles. The van der Waals surface area contributed by atoms with Crippen LogP contribution in [0.1, 0.15) is 36.7 Å². The summed E-state index contributed by atoms with van der Waals surface area (Å²) in [6.45, 7) is 3.62. The molecule has 2 aliphatic rings. The van der Waals surface area contributed by atoms with Gasteiger partial charge in [0.05, 0.1) is 4.88 Å². The lowest BCUT2D eigenvalue weighted by molar-refractivity contribution is -0.127. The Kier molecular flexibility index (Phi) is 5.24. The number of likely N-dealkylation sites (tertiary alicyclic amines) is 1. The summed E-state index contributed by atoms with van der Waals surface area (Å²) >= 11 is 1.54. The van der Waals surface area contributed by atoms with Gasteiger partial charge in [-0.25, -0.2) is 0 Å². The van der Waals surface area contributed by atoms with E-state index in [4.69, 9.17) is 4.52 Å². The number of piperidine rings is 1. The Bertz CT molecular complexity index is 798. The van der Waals surface area contributed by atoms with Crippen molar-refractivity contribution < 1.29 is 14.1 Å². The van der Waals surface area contributed by atoms with E-state index in [2.05, 4.69) is 26.0 Å². The normalized spacial score (nSPS) is 24.6. The fraction of sp³-hybridized carbons (Fsp3) is 0.500. The molecule has 0 spiro atoms. The van der Waals surface area contributed by atoms with Crippen molar-refractivity contribution in [2.45, 2.75) is 44.6 Å². The van der Waals surface area contributed by atoms with E-state index in [0.717, 1.165) is 30.8 Å². The van der Waals surface area contributed by atoms with Crippen molar-refractivity contribution in [1.82, 2.24) is 26.0 Å². The summed E-state index contributed by atoms with van der Waals surface area (Å²) in [7, 11) is 0. The van der Waals surface area contributed by atoms with E-state index < -0.39 is 0 Å². The molecule has 2 aromatic rings. The minimum atomic E-state index is -0.210. The second kappa shape index (κ2) is 7.79. The van der Waals surface area contributed by atoms with E-state index in [1.165, 1.54) is 0 Å². The molecule has 2 atom stereocenters. The topological polar surface area (TPSA) is 99.5 Å². The number of carbonyl (C=O) groups excluding carboxylic acids is 2. The van der Waals surface area contributed by atoms with E-state index in [1.54, 1.807) is 17.4 Å². The van der Waals surface area contributed by atoms with Gasteiger partial charge in [-0.2, -0.15) is 0 Å². The number of rotatable bonds is 4. The third-order valence-corrected chi connectivity index (χ3v) is 5.85. The van der Waals surface area contributed by atoms with Gasteiger partial charge in [0.15, 0.2) is 11.5 Å². The zero-order chi connectivity index (χ0) is 18.8. The van der Waals surface area contributed by atoms with Gasteiger partial charge in [-0.05, 0) is 31.2 Å². The standard InChI is InChI=1S/C18H23N5O3S/c1-11-9-16(24)21-18(19-11)23-6-4-12(5-7-23)20-17(25)13-10-14(26-22-13)15-3-2-8-27-15/h2-3,8,10-12,18-19H,4-7,9H2,1H3,(H,20,25)(H,21,24). The zero-order valence-electron chi connectivity index (χ0n) is 15.1. The van der Waals surface area contributed by atoms with Gasteiger partial charge in [-0.1, -0.05) is 11.2 Å². The van der Waals surface area contributed by atoms with Gasteiger partial charge in [0, 0.05) is 37.7 Å². The van der Waals surface area contributed by atoms with Crippen LogP contribution in [0.15, 0.2) is 28.1 Å². The van der Waals surface area contributed by atoms with Gasteiger partial charge in [0.25, 0.3) is 5.91 Å². The number of amides is 2. The average Bonchev–Trinajstić information content (AvgIpc) is 3.33. The fourth-order valence-corrected chi connectivity index (χ4v) is 4.21. The maximum atomic E-state index is 12.5. The van der Waals surface area contributed by atoms with Gasteiger partial charge in [-0.15, -0.1) is 11.3 Å². The number of thiophene rings is 1. The van der Waals surface area contributed by atoms with Crippen LogP contribution in [0.25, 0.3) is 10.6 Å². The Morgan fingerprint density at radius 1 is 1.41 bits per heavy atom. The SMILES string of the molecule is CC1CC(=O)NC(N2CCC(NC(=O)c3cc(-c4cccs4)on3)CC2)N1. The summed E-state index contributed by atoms with van der Waals surface area (Å²) in [5.74, 6) is 0.477. The number of hydrogen-bond acceptors (Lipinski definition) is 7. The van der Waals surface area contributed by atoms with Crippen LogP contribution in [-0.4, -0.2) is 53.3 Å². The Hall–Kier alpha value is -2.23. The summed E-state index contributed by atoms with van der Waals surface area (Å²) < 4.78 is 5.28. The molecule has 2 fully saturated rings. The van der Waals surface area contributed by atoms with Crippen LogP contribution < -0.4 is 16.0 Å². The average molecular weight is 389 g/mol. The Morgan fingerprint density at radius 3 is 2.93 bits per heavy atom. The first-order chi connectivity index (χ1) is 13.1. The molecule has 2 amide bonds. The van der Waals surface area contributed by atoms with Crippen LogP contribution in [0, 0.1) is 0 Å². The zero-order valence-corrected chi connectivity index (χ0v) is 15.9. The van der Waals surface area contributed by atoms with Crippen LogP contribution in [0.4, 0.5) is 0 Å². The van der Waals surface area contributed by atoms with Crippen molar-refractivity contribution in [3.8, 4) is 10.6 Å².